The summed E-state index contributed by atoms with van der Waals surface area (Å²) in [6.07, 6.45) is -0.912. The van der Waals surface area contributed by atoms with Gasteiger partial charge in [0.1, 0.15) is 18.5 Å². The van der Waals surface area contributed by atoms with Crippen molar-refractivity contribution in [3.8, 4) is 5.75 Å². The molecular formula is C18H18ClFN4O3. The molecule has 1 aliphatic rings. The van der Waals surface area contributed by atoms with Crippen LogP contribution in [-0.4, -0.2) is 40.3 Å². The fraction of sp³-hybridized carbons (Fsp3) is 0.333. The number of carbonyl (C=O) groups is 1. The third kappa shape index (κ3) is 3.85. The number of likely N-dealkylation sites (tertiary alicyclic amines) is 1. The maximum Gasteiger partial charge on any atom is 0.317 e. The summed E-state index contributed by atoms with van der Waals surface area (Å²) < 4.78 is 23.7. The number of amides is 2. The predicted molar refractivity (Wildman–Crippen MR) is 97.6 cm³/mol. The number of nitrogens with one attached hydrogen (secondary N) is 2. The van der Waals surface area contributed by atoms with Gasteiger partial charge in [-0.3, -0.25) is 0 Å². The number of rotatable bonds is 5. The van der Waals surface area contributed by atoms with Crippen LogP contribution in [-0.2, 0) is 13.2 Å². The van der Waals surface area contributed by atoms with Crippen molar-refractivity contribution in [3.05, 3.63) is 46.4 Å². The van der Waals surface area contributed by atoms with E-state index in [-0.39, 0.29) is 25.7 Å². The summed E-state index contributed by atoms with van der Waals surface area (Å²) in [4.78, 5) is 16.5. The third-order valence-corrected chi connectivity index (χ3v) is 4.63. The Morgan fingerprint density at radius 2 is 2.26 bits per heavy atom. The van der Waals surface area contributed by atoms with E-state index in [0.29, 0.717) is 23.1 Å². The summed E-state index contributed by atoms with van der Waals surface area (Å²) in [5.74, 6) is 1.13. The lowest BCUT2D eigenvalue weighted by molar-refractivity contribution is 0.0896. The number of benzene rings is 1. The van der Waals surface area contributed by atoms with Crippen LogP contribution < -0.4 is 10.1 Å². The van der Waals surface area contributed by atoms with Crippen molar-refractivity contribution in [1.29, 1.82) is 0 Å². The number of aromatic nitrogens is 2. The number of aryl methyl sites for hydroxylation is 1. The molecule has 0 aliphatic carbocycles. The molecule has 0 saturated carbocycles. The zero-order valence-corrected chi connectivity index (χ0v) is 15.3. The molecule has 9 heteroatoms. The monoisotopic (exact) mass is 392 g/mol. The molecule has 142 valence electrons. The summed E-state index contributed by atoms with van der Waals surface area (Å²) in [5, 5.41) is 7.96. The van der Waals surface area contributed by atoms with Crippen LogP contribution in [0.2, 0.25) is 5.02 Å². The van der Waals surface area contributed by atoms with Crippen molar-refractivity contribution < 1.29 is 18.4 Å². The Kier molecular flexibility index (Phi) is 4.65. The zero-order valence-electron chi connectivity index (χ0n) is 14.6. The van der Waals surface area contributed by atoms with Crippen LogP contribution in [0.1, 0.15) is 17.1 Å². The molecule has 3 aromatic rings. The Labute approximate surface area is 159 Å². The van der Waals surface area contributed by atoms with E-state index in [9.17, 15) is 9.18 Å². The molecule has 2 N–H and O–H groups in total. The number of ether oxygens (including phenoxy) is 1. The highest BCUT2D eigenvalue weighted by molar-refractivity contribution is 6.32. The van der Waals surface area contributed by atoms with E-state index in [1.54, 1.807) is 18.2 Å². The smallest absolute Gasteiger partial charge is 0.317 e. The van der Waals surface area contributed by atoms with E-state index < -0.39 is 6.17 Å². The number of aromatic amines is 1. The quantitative estimate of drug-likeness (QED) is 0.695. The SMILES string of the molecule is Cc1cc(COc2cc3[nH]c(CNC(=O)N4CC(F)C4)cc3cc2Cl)on1. The summed E-state index contributed by atoms with van der Waals surface area (Å²) >= 11 is 6.30. The lowest BCUT2D eigenvalue weighted by Crippen LogP contribution is -2.54. The molecule has 2 amide bonds. The normalized spacial score (nSPS) is 14.4. The lowest BCUT2D eigenvalue weighted by atomic mass is 10.2. The predicted octanol–water partition coefficient (Wildman–Crippen LogP) is 3.56. The van der Waals surface area contributed by atoms with Crippen LogP contribution >= 0.6 is 11.6 Å². The van der Waals surface area contributed by atoms with Gasteiger partial charge in [-0.1, -0.05) is 16.8 Å². The van der Waals surface area contributed by atoms with Crippen LogP contribution in [0.25, 0.3) is 10.9 Å². The van der Waals surface area contributed by atoms with Gasteiger partial charge in [0.15, 0.2) is 5.76 Å². The Hall–Kier alpha value is -2.74. The third-order valence-electron chi connectivity index (χ3n) is 4.33. The van der Waals surface area contributed by atoms with E-state index in [1.165, 1.54) is 4.90 Å². The molecule has 27 heavy (non-hydrogen) atoms. The topological polar surface area (TPSA) is 83.4 Å². The molecule has 1 fully saturated rings. The van der Waals surface area contributed by atoms with E-state index in [0.717, 1.165) is 22.3 Å². The van der Waals surface area contributed by atoms with Gasteiger partial charge < -0.3 is 24.5 Å². The Morgan fingerprint density at radius 1 is 1.44 bits per heavy atom. The molecule has 0 unspecified atom stereocenters. The number of halogens is 2. The number of H-pyrrole nitrogens is 1. The molecule has 0 bridgehead atoms. The van der Waals surface area contributed by atoms with Gasteiger partial charge in [-0.25, -0.2) is 9.18 Å². The molecule has 0 spiro atoms. The first-order valence-electron chi connectivity index (χ1n) is 8.51. The van der Waals surface area contributed by atoms with Crippen LogP contribution in [0.5, 0.6) is 5.75 Å². The van der Waals surface area contributed by atoms with E-state index in [1.807, 2.05) is 13.0 Å². The number of fused-ring (bicyclic) bond motifs is 1. The van der Waals surface area contributed by atoms with Crippen molar-refractivity contribution in [1.82, 2.24) is 20.4 Å². The van der Waals surface area contributed by atoms with E-state index in [4.69, 9.17) is 20.9 Å². The molecule has 7 nitrogen and oxygen atoms in total. The Bertz CT molecular complexity index is 980. The zero-order chi connectivity index (χ0) is 19.0. The van der Waals surface area contributed by atoms with Gasteiger partial charge in [0.05, 0.1) is 30.4 Å². The van der Waals surface area contributed by atoms with Crippen LogP contribution in [0.4, 0.5) is 9.18 Å². The van der Waals surface area contributed by atoms with Gasteiger partial charge in [0.25, 0.3) is 0 Å². The highest BCUT2D eigenvalue weighted by atomic mass is 35.5. The largest absolute Gasteiger partial charge is 0.484 e. The van der Waals surface area contributed by atoms with Crippen LogP contribution in [0.15, 0.2) is 28.8 Å². The molecule has 0 atom stereocenters. The van der Waals surface area contributed by atoms with Crippen molar-refractivity contribution in [2.75, 3.05) is 13.1 Å². The van der Waals surface area contributed by atoms with Gasteiger partial charge in [-0.2, -0.15) is 0 Å². The van der Waals surface area contributed by atoms with Gasteiger partial charge in [-0.15, -0.1) is 0 Å². The van der Waals surface area contributed by atoms with Crippen molar-refractivity contribution >= 4 is 28.5 Å². The van der Waals surface area contributed by atoms with E-state index in [2.05, 4.69) is 15.5 Å². The first-order valence-corrected chi connectivity index (χ1v) is 8.89. The molecule has 4 rings (SSSR count). The molecule has 1 aromatic carbocycles. The second-order valence-electron chi connectivity index (χ2n) is 6.55. The maximum absolute atomic E-state index is 12.8. The summed E-state index contributed by atoms with van der Waals surface area (Å²) in [5.41, 5.74) is 2.43. The summed E-state index contributed by atoms with van der Waals surface area (Å²) in [7, 11) is 0. The second kappa shape index (κ2) is 7.11. The number of hydrogen-bond donors (Lipinski definition) is 2. The number of urea groups is 1. The highest BCUT2D eigenvalue weighted by Gasteiger charge is 2.30. The molecule has 3 heterocycles. The van der Waals surface area contributed by atoms with Gasteiger partial charge in [-0.05, 0) is 19.1 Å². The second-order valence-corrected chi connectivity index (χ2v) is 6.96. The fourth-order valence-corrected chi connectivity index (χ4v) is 3.13. The lowest BCUT2D eigenvalue weighted by Gasteiger charge is -2.34. The van der Waals surface area contributed by atoms with Crippen molar-refractivity contribution in [3.63, 3.8) is 0 Å². The van der Waals surface area contributed by atoms with Crippen LogP contribution in [0.3, 0.4) is 0 Å². The van der Waals surface area contributed by atoms with Crippen molar-refractivity contribution in [2.45, 2.75) is 26.2 Å². The molecular weight excluding hydrogens is 375 g/mol. The summed E-state index contributed by atoms with van der Waals surface area (Å²) in [6, 6.07) is 7.02. The average molecular weight is 393 g/mol. The minimum absolute atomic E-state index is 0.152. The van der Waals surface area contributed by atoms with Crippen molar-refractivity contribution in [2.24, 2.45) is 0 Å². The number of carbonyl (C=O) groups excluding carboxylic acids is 1. The minimum Gasteiger partial charge on any atom is -0.484 e. The number of nitrogens with zero attached hydrogens (tertiary/aromatic N) is 2. The molecule has 1 aliphatic heterocycles. The number of hydrogen-bond acceptors (Lipinski definition) is 4. The first kappa shape index (κ1) is 17.7. The van der Waals surface area contributed by atoms with Crippen LogP contribution in [0, 0.1) is 6.92 Å². The number of alkyl halides is 1. The van der Waals surface area contributed by atoms with Gasteiger partial charge in [0, 0.05) is 28.7 Å². The molecule has 2 aromatic heterocycles. The fourth-order valence-electron chi connectivity index (χ4n) is 2.91. The van der Waals surface area contributed by atoms with Gasteiger partial charge in [0.2, 0.25) is 0 Å². The van der Waals surface area contributed by atoms with Gasteiger partial charge >= 0.3 is 6.03 Å². The van der Waals surface area contributed by atoms with E-state index >= 15 is 0 Å². The molecule has 0 radical (unpaired) electrons. The Balaban J connectivity index is 1.41. The average Bonchev–Trinajstić information content (AvgIpc) is 3.20. The minimum atomic E-state index is -0.912. The standard InChI is InChI=1S/C18H18ClFN4O3/c1-10-2-14(27-23-10)9-26-17-5-16-11(4-15(17)19)3-13(22-16)6-21-18(25)24-7-12(20)8-24/h2-5,12,22H,6-9H2,1H3,(H,21,25). The Morgan fingerprint density at radius 3 is 2.96 bits per heavy atom. The molecule has 1 saturated heterocycles. The highest BCUT2D eigenvalue weighted by Crippen LogP contribution is 2.31. The first-order chi connectivity index (χ1) is 13.0. The summed E-state index contributed by atoms with van der Waals surface area (Å²) in [6.45, 7) is 2.68. The maximum atomic E-state index is 12.8.